The van der Waals surface area contributed by atoms with Crippen LogP contribution in [0.25, 0.3) is 0 Å². The molecule has 0 aliphatic carbocycles. The molecule has 2 aromatic carbocycles. The first kappa shape index (κ1) is 22.6. The van der Waals surface area contributed by atoms with Crippen molar-refractivity contribution in [1.82, 2.24) is 10.6 Å². The molecule has 4 nitrogen and oxygen atoms in total. The summed E-state index contributed by atoms with van der Waals surface area (Å²) >= 11 is 0. The van der Waals surface area contributed by atoms with Gasteiger partial charge >= 0.3 is 0 Å². The molecule has 1 saturated heterocycles. The minimum Gasteiger partial charge on any atom is -0.373 e. The summed E-state index contributed by atoms with van der Waals surface area (Å²) in [4.78, 5) is 4.76. The lowest BCUT2D eigenvalue weighted by Crippen LogP contribution is -2.38. The Hall–Kier alpha value is -1.67. The molecule has 3 rings (SSSR count). The molecule has 28 heavy (non-hydrogen) atoms. The second-order valence-corrected chi connectivity index (χ2v) is 6.78. The molecule has 2 atom stereocenters. The molecule has 0 aromatic heterocycles. The van der Waals surface area contributed by atoms with Crippen LogP contribution in [0.4, 0.5) is 4.39 Å². The summed E-state index contributed by atoms with van der Waals surface area (Å²) in [5.74, 6) is 0.986. The first-order valence-corrected chi connectivity index (χ1v) is 9.69. The van der Waals surface area contributed by atoms with Crippen molar-refractivity contribution in [2.75, 3.05) is 26.2 Å². The van der Waals surface area contributed by atoms with Crippen LogP contribution in [0.3, 0.4) is 0 Å². The van der Waals surface area contributed by atoms with Gasteiger partial charge in [0.25, 0.3) is 0 Å². The second-order valence-electron chi connectivity index (χ2n) is 6.78. The zero-order valence-electron chi connectivity index (χ0n) is 16.2. The Kier molecular flexibility index (Phi) is 9.70. The Bertz CT molecular complexity index is 742. The highest BCUT2D eigenvalue weighted by atomic mass is 127. The highest BCUT2D eigenvalue weighted by Gasteiger charge is 2.29. The van der Waals surface area contributed by atoms with Gasteiger partial charge in [-0.25, -0.2) is 4.39 Å². The number of nitrogens with one attached hydrogen (secondary N) is 2. The summed E-state index contributed by atoms with van der Waals surface area (Å²) in [5, 5.41) is 6.63. The van der Waals surface area contributed by atoms with Gasteiger partial charge in [-0.3, -0.25) is 4.99 Å². The lowest BCUT2D eigenvalue weighted by atomic mass is 9.95. The number of benzene rings is 2. The highest BCUT2D eigenvalue weighted by molar-refractivity contribution is 14.0. The molecule has 2 N–H and O–H groups in total. The van der Waals surface area contributed by atoms with Gasteiger partial charge < -0.3 is 15.4 Å². The largest absolute Gasteiger partial charge is 0.373 e. The predicted molar refractivity (Wildman–Crippen MR) is 123 cm³/mol. The van der Waals surface area contributed by atoms with Gasteiger partial charge in [0.2, 0.25) is 0 Å². The van der Waals surface area contributed by atoms with E-state index < -0.39 is 0 Å². The SMILES string of the molecule is CCNC(=NCC1CCOC1c1ccccc1)NCCc1cccc(F)c1.I. The number of hydrogen-bond acceptors (Lipinski definition) is 2. The zero-order chi connectivity index (χ0) is 18.9. The zero-order valence-corrected chi connectivity index (χ0v) is 18.6. The summed E-state index contributed by atoms with van der Waals surface area (Å²) in [7, 11) is 0. The monoisotopic (exact) mass is 497 g/mol. The van der Waals surface area contributed by atoms with Gasteiger partial charge in [-0.15, -0.1) is 24.0 Å². The van der Waals surface area contributed by atoms with Crippen LogP contribution >= 0.6 is 24.0 Å². The summed E-state index contributed by atoms with van der Waals surface area (Å²) in [6, 6.07) is 17.1. The van der Waals surface area contributed by atoms with E-state index in [1.807, 2.05) is 12.1 Å². The minimum atomic E-state index is -0.193. The third-order valence-corrected chi connectivity index (χ3v) is 4.77. The van der Waals surface area contributed by atoms with Crippen LogP contribution in [0.15, 0.2) is 59.6 Å². The maximum absolute atomic E-state index is 13.3. The van der Waals surface area contributed by atoms with Crippen molar-refractivity contribution in [1.29, 1.82) is 0 Å². The third-order valence-electron chi connectivity index (χ3n) is 4.77. The Morgan fingerprint density at radius 3 is 2.71 bits per heavy atom. The van der Waals surface area contributed by atoms with Gasteiger partial charge in [-0.2, -0.15) is 0 Å². The van der Waals surface area contributed by atoms with E-state index in [1.54, 1.807) is 12.1 Å². The molecular formula is C22H29FIN3O. The first-order chi connectivity index (χ1) is 13.3. The van der Waals surface area contributed by atoms with Crippen LogP contribution in [0.5, 0.6) is 0 Å². The molecule has 0 radical (unpaired) electrons. The Morgan fingerprint density at radius 2 is 1.96 bits per heavy atom. The van der Waals surface area contributed by atoms with Gasteiger partial charge in [-0.05, 0) is 43.0 Å². The Labute approximate surface area is 184 Å². The second kappa shape index (κ2) is 12.0. The predicted octanol–water partition coefficient (Wildman–Crippen LogP) is 4.32. The number of halogens is 2. The van der Waals surface area contributed by atoms with Gasteiger partial charge in [0.15, 0.2) is 5.96 Å². The Morgan fingerprint density at radius 1 is 1.14 bits per heavy atom. The molecule has 0 amide bonds. The van der Waals surface area contributed by atoms with Crippen molar-refractivity contribution in [3.63, 3.8) is 0 Å². The molecule has 0 spiro atoms. The smallest absolute Gasteiger partial charge is 0.191 e. The minimum absolute atomic E-state index is 0. The molecule has 2 aromatic rings. The van der Waals surface area contributed by atoms with Crippen molar-refractivity contribution in [3.8, 4) is 0 Å². The molecular weight excluding hydrogens is 468 g/mol. The number of nitrogens with zero attached hydrogens (tertiary/aromatic N) is 1. The summed E-state index contributed by atoms with van der Waals surface area (Å²) in [6.45, 7) is 5.06. The lowest BCUT2D eigenvalue weighted by molar-refractivity contribution is 0.0925. The van der Waals surface area contributed by atoms with Crippen molar-refractivity contribution in [2.45, 2.75) is 25.9 Å². The van der Waals surface area contributed by atoms with Gasteiger partial charge in [0.05, 0.1) is 6.10 Å². The van der Waals surface area contributed by atoms with Crippen LogP contribution in [0.2, 0.25) is 0 Å². The first-order valence-electron chi connectivity index (χ1n) is 9.69. The fraction of sp³-hybridized carbons (Fsp3) is 0.409. The van der Waals surface area contributed by atoms with Crippen molar-refractivity contribution < 1.29 is 9.13 Å². The van der Waals surface area contributed by atoms with E-state index >= 15 is 0 Å². The average molecular weight is 497 g/mol. The van der Waals surface area contributed by atoms with Crippen LogP contribution in [0.1, 0.15) is 30.6 Å². The van der Waals surface area contributed by atoms with Gasteiger partial charge in [0, 0.05) is 32.2 Å². The standard InChI is InChI=1S/C22H28FN3O.HI/c1-2-24-22(25-13-11-17-7-6-10-20(23)15-17)26-16-19-12-14-27-21(19)18-8-4-3-5-9-18;/h3-10,15,19,21H,2,11-14,16H2,1H3,(H2,24,25,26);1H. The van der Waals surface area contributed by atoms with Crippen LogP contribution in [-0.2, 0) is 11.2 Å². The molecule has 6 heteroatoms. The summed E-state index contributed by atoms with van der Waals surface area (Å²) < 4.78 is 19.2. The van der Waals surface area contributed by atoms with E-state index in [2.05, 4.69) is 41.8 Å². The van der Waals surface area contributed by atoms with E-state index in [4.69, 9.17) is 9.73 Å². The number of hydrogen-bond donors (Lipinski definition) is 2. The summed E-state index contributed by atoms with van der Waals surface area (Å²) in [6.07, 6.45) is 1.89. The molecule has 0 bridgehead atoms. The van der Waals surface area contributed by atoms with Gasteiger partial charge in [-0.1, -0.05) is 42.5 Å². The average Bonchev–Trinajstić information content (AvgIpc) is 3.15. The van der Waals surface area contributed by atoms with Crippen molar-refractivity contribution in [2.24, 2.45) is 10.9 Å². The van der Waals surface area contributed by atoms with Crippen molar-refractivity contribution in [3.05, 3.63) is 71.5 Å². The number of rotatable bonds is 7. The third kappa shape index (κ3) is 6.74. The molecule has 1 heterocycles. The maximum Gasteiger partial charge on any atom is 0.191 e. The van der Waals surface area contributed by atoms with Crippen LogP contribution in [0, 0.1) is 11.7 Å². The maximum atomic E-state index is 13.3. The van der Waals surface area contributed by atoms with Crippen LogP contribution < -0.4 is 10.6 Å². The fourth-order valence-electron chi connectivity index (χ4n) is 3.40. The van der Waals surface area contributed by atoms with E-state index in [9.17, 15) is 4.39 Å². The summed E-state index contributed by atoms with van der Waals surface area (Å²) in [5.41, 5.74) is 2.20. The number of aliphatic imine (C=N–C) groups is 1. The molecule has 1 aliphatic heterocycles. The molecule has 0 saturated carbocycles. The number of ether oxygens (including phenoxy) is 1. The van der Waals surface area contributed by atoms with E-state index in [0.717, 1.165) is 44.1 Å². The quantitative estimate of drug-likeness (QED) is 0.341. The fourth-order valence-corrected chi connectivity index (χ4v) is 3.40. The van der Waals surface area contributed by atoms with Crippen molar-refractivity contribution >= 4 is 29.9 Å². The van der Waals surface area contributed by atoms with E-state index in [-0.39, 0.29) is 35.9 Å². The Balaban J connectivity index is 0.00000280. The normalized spacial score (nSPS) is 19.1. The van der Waals surface area contributed by atoms with E-state index in [0.29, 0.717) is 12.5 Å². The number of guanidine groups is 1. The molecule has 2 unspecified atom stereocenters. The topological polar surface area (TPSA) is 45.7 Å². The van der Waals surface area contributed by atoms with Gasteiger partial charge in [0.1, 0.15) is 5.82 Å². The van der Waals surface area contributed by atoms with E-state index in [1.165, 1.54) is 11.6 Å². The highest BCUT2D eigenvalue weighted by Crippen LogP contribution is 2.34. The molecule has 1 fully saturated rings. The molecule has 1 aliphatic rings. The lowest BCUT2D eigenvalue weighted by Gasteiger charge is -2.18. The van der Waals surface area contributed by atoms with Crippen LogP contribution in [-0.4, -0.2) is 32.2 Å². The molecule has 152 valence electrons.